The Morgan fingerprint density at radius 3 is 2.21 bits per heavy atom. The SMILES string of the molecule is CC(=O)O[C@@H]1C2=C(C)[C@@H](O)C[C@@](O)([C@@H](OC(=O)c3ccccc3)[C@@H]3[C@]4(OC(C)=O)CO[C@@H]4C[C@H](OP)[C@@]3(C)[C@H]1O)C2(C)C. The van der Waals surface area contributed by atoms with Crippen molar-refractivity contribution in [3.63, 3.8) is 0 Å². The average Bonchev–Trinajstić information content (AvgIpc) is 2.92. The summed E-state index contributed by atoms with van der Waals surface area (Å²) >= 11 is 0. The number of ether oxygens (including phenoxy) is 4. The highest BCUT2D eigenvalue weighted by molar-refractivity contribution is 7.09. The minimum absolute atomic E-state index is 0.105. The maximum absolute atomic E-state index is 13.8. The van der Waals surface area contributed by atoms with E-state index in [1.165, 1.54) is 13.8 Å². The van der Waals surface area contributed by atoms with Crippen LogP contribution in [0.25, 0.3) is 0 Å². The lowest BCUT2D eigenvalue weighted by Crippen LogP contribution is -2.82. The molecule has 4 aliphatic rings. The van der Waals surface area contributed by atoms with Gasteiger partial charge < -0.3 is 38.8 Å². The predicted octanol–water partition coefficient (Wildman–Crippen LogP) is 2.26. The molecule has 0 aromatic heterocycles. The van der Waals surface area contributed by atoms with E-state index in [1.54, 1.807) is 58.0 Å². The fourth-order valence-corrected chi connectivity index (χ4v) is 8.73. The molecule has 1 aromatic rings. The fraction of sp³-hybridized carbons (Fsp3) is 0.645. The number of hydrogen-bond donors (Lipinski definition) is 3. The number of carbonyl (C=O) groups is 3. The summed E-state index contributed by atoms with van der Waals surface area (Å²) in [6.45, 7) is 9.12. The summed E-state index contributed by atoms with van der Waals surface area (Å²) in [7, 11) is 2.20. The molecule has 1 unspecified atom stereocenters. The Kier molecular flexibility index (Phi) is 8.11. The second kappa shape index (κ2) is 10.9. The van der Waals surface area contributed by atoms with Crippen molar-refractivity contribution in [3.05, 3.63) is 47.0 Å². The number of esters is 3. The van der Waals surface area contributed by atoms with Gasteiger partial charge in [-0.2, -0.15) is 0 Å². The van der Waals surface area contributed by atoms with E-state index in [1.807, 2.05) is 0 Å². The molecule has 1 saturated heterocycles. The molecule has 3 aliphatic carbocycles. The molecule has 3 fully saturated rings. The molecule has 2 bridgehead atoms. The molecule has 2 saturated carbocycles. The van der Waals surface area contributed by atoms with E-state index in [0.29, 0.717) is 11.1 Å². The Morgan fingerprint density at radius 2 is 1.67 bits per heavy atom. The molecule has 11 atom stereocenters. The van der Waals surface area contributed by atoms with Crippen LogP contribution in [0.1, 0.15) is 64.7 Å². The predicted molar refractivity (Wildman–Crippen MR) is 154 cm³/mol. The fourth-order valence-electron chi connectivity index (χ4n) is 8.33. The molecular formula is C31H41O11P. The van der Waals surface area contributed by atoms with Crippen molar-refractivity contribution in [2.45, 2.75) is 102 Å². The number of carbonyl (C=O) groups excluding carboxylic acids is 3. The summed E-state index contributed by atoms with van der Waals surface area (Å²) in [5.41, 5.74) is -5.35. The molecule has 0 radical (unpaired) electrons. The molecule has 3 N–H and O–H groups in total. The van der Waals surface area contributed by atoms with Gasteiger partial charge in [-0.15, -0.1) is 0 Å². The second-order valence-electron chi connectivity index (χ2n) is 13.1. The van der Waals surface area contributed by atoms with E-state index >= 15 is 0 Å². The van der Waals surface area contributed by atoms with Crippen molar-refractivity contribution in [1.82, 2.24) is 0 Å². The number of benzene rings is 1. The van der Waals surface area contributed by atoms with Crippen molar-refractivity contribution in [1.29, 1.82) is 0 Å². The lowest BCUT2D eigenvalue weighted by atomic mass is 9.44. The summed E-state index contributed by atoms with van der Waals surface area (Å²) in [6, 6.07) is 8.24. The molecule has 12 heteroatoms. The summed E-state index contributed by atoms with van der Waals surface area (Å²) in [5.74, 6) is -3.22. The van der Waals surface area contributed by atoms with Crippen LogP contribution in [-0.4, -0.2) is 87.7 Å². The summed E-state index contributed by atoms with van der Waals surface area (Å²) in [5, 5.41) is 36.8. The van der Waals surface area contributed by atoms with Crippen LogP contribution in [0.15, 0.2) is 41.5 Å². The third kappa shape index (κ3) is 4.58. The highest BCUT2D eigenvalue weighted by Gasteiger charge is 2.78. The zero-order chi connectivity index (χ0) is 31.7. The Labute approximate surface area is 253 Å². The van der Waals surface area contributed by atoms with Gasteiger partial charge >= 0.3 is 17.9 Å². The van der Waals surface area contributed by atoms with Gasteiger partial charge in [-0.3, -0.25) is 9.59 Å². The van der Waals surface area contributed by atoms with Gasteiger partial charge in [0.05, 0.1) is 30.3 Å². The first kappa shape index (κ1) is 32.0. The second-order valence-corrected chi connectivity index (χ2v) is 13.4. The van der Waals surface area contributed by atoms with Crippen LogP contribution in [-0.2, 0) is 33.1 Å². The summed E-state index contributed by atoms with van der Waals surface area (Å²) in [4.78, 5) is 39.0. The zero-order valence-corrected chi connectivity index (χ0v) is 26.4. The van der Waals surface area contributed by atoms with Gasteiger partial charge in [-0.25, -0.2) is 4.79 Å². The zero-order valence-electron chi connectivity index (χ0n) is 25.2. The van der Waals surface area contributed by atoms with Crippen LogP contribution in [0.5, 0.6) is 0 Å². The first-order chi connectivity index (χ1) is 20.1. The van der Waals surface area contributed by atoms with E-state index < -0.39 is 82.5 Å². The molecule has 1 heterocycles. The molecule has 1 aliphatic heterocycles. The highest BCUT2D eigenvalue weighted by atomic mass is 31.0. The minimum atomic E-state index is -2.02. The number of fused-ring (bicyclic) bond motifs is 5. The Hall–Kier alpha value is -2.40. The lowest BCUT2D eigenvalue weighted by Gasteiger charge is -2.69. The van der Waals surface area contributed by atoms with Gasteiger partial charge in [0.15, 0.2) is 11.7 Å². The molecule has 43 heavy (non-hydrogen) atoms. The third-order valence-electron chi connectivity index (χ3n) is 10.6. The standard InChI is InChI=1S/C31H41O11P/c1-15-19(34)13-31(37)26(40-27(36)18-10-8-7-9-11-18)24-29(6,25(35)23(39-16(2)32)22(15)28(31,4)5)20(42-43)12-21-30(24,14-38-21)41-17(3)33/h7-11,19-21,23-26,34-35,37H,12-14,43H2,1-6H3/t19-,20-,21+,23+,24-,25-,26-,29+,30-,31+/m0/s1. The molecule has 1 aromatic carbocycles. The number of rotatable bonds is 5. The van der Waals surface area contributed by atoms with E-state index in [0.717, 1.165) is 0 Å². The maximum atomic E-state index is 13.8. The van der Waals surface area contributed by atoms with Crippen LogP contribution in [0.3, 0.4) is 0 Å². The third-order valence-corrected chi connectivity index (χ3v) is 10.9. The smallest absolute Gasteiger partial charge is 0.338 e. The molecule has 11 nitrogen and oxygen atoms in total. The van der Waals surface area contributed by atoms with Crippen LogP contribution < -0.4 is 0 Å². The van der Waals surface area contributed by atoms with E-state index in [4.69, 9.17) is 23.5 Å². The largest absolute Gasteiger partial charge is 0.455 e. The van der Waals surface area contributed by atoms with Crippen LogP contribution in [0.2, 0.25) is 0 Å². The Bertz CT molecular complexity index is 1330. The molecule has 0 amide bonds. The first-order valence-corrected chi connectivity index (χ1v) is 14.9. The van der Waals surface area contributed by atoms with Crippen molar-refractivity contribution in [2.75, 3.05) is 6.61 Å². The van der Waals surface area contributed by atoms with Crippen molar-refractivity contribution < 1.29 is 53.2 Å². The quantitative estimate of drug-likeness (QED) is 0.192. The summed E-state index contributed by atoms with van der Waals surface area (Å²) < 4.78 is 30.0. The number of hydrogen-bond acceptors (Lipinski definition) is 11. The van der Waals surface area contributed by atoms with Gasteiger partial charge in [0.25, 0.3) is 0 Å². The monoisotopic (exact) mass is 620 g/mol. The molecule has 0 spiro atoms. The van der Waals surface area contributed by atoms with Crippen LogP contribution in [0.4, 0.5) is 0 Å². The Morgan fingerprint density at radius 1 is 1.02 bits per heavy atom. The topological polar surface area (TPSA) is 158 Å². The van der Waals surface area contributed by atoms with Gasteiger partial charge in [0, 0.05) is 47.0 Å². The van der Waals surface area contributed by atoms with Crippen LogP contribution >= 0.6 is 9.47 Å². The maximum Gasteiger partial charge on any atom is 0.338 e. The molecule has 5 rings (SSSR count). The number of aliphatic hydroxyl groups is 3. The average molecular weight is 621 g/mol. The van der Waals surface area contributed by atoms with Gasteiger partial charge in [-0.05, 0) is 30.2 Å². The van der Waals surface area contributed by atoms with Crippen molar-refractivity contribution in [2.24, 2.45) is 16.7 Å². The van der Waals surface area contributed by atoms with E-state index in [-0.39, 0.29) is 25.0 Å². The normalized spacial score (nSPS) is 41.4. The Balaban J connectivity index is 1.85. The van der Waals surface area contributed by atoms with E-state index in [2.05, 4.69) is 9.47 Å². The molecule has 236 valence electrons. The summed E-state index contributed by atoms with van der Waals surface area (Å²) in [6.07, 6.45) is -7.20. The van der Waals surface area contributed by atoms with Crippen LogP contribution in [0, 0.1) is 16.7 Å². The van der Waals surface area contributed by atoms with Gasteiger partial charge in [-0.1, -0.05) is 39.0 Å². The minimum Gasteiger partial charge on any atom is -0.455 e. The highest BCUT2D eigenvalue weighted by Crippen LogP contribution is 2.65. The van der Waals surface area contributed by atoms with Crippen molar-refractivity contribution >= 4 is 27.4 Å². The lowest BCUT2D eigenvalue weighted by molar-refractivity contribution is -0.362. The molecular weight excluding hydrogens is 579 g/mol. The van der Waals surface area contributed by atoms with Gasteiger partial charge in [0.2, 0.25) is 0 Å². The van der Waals surface area contributed by atoms with E-state index in [9.17, 15) is 29.7 Å². The first-order valence-electron chi connectivity index (χ1n) is 14.5. The van der Waals surface area contributed by atoms with Gasteiger partial charge in [0.1, 0.15) is 23.9 Å². The number of aliphatic hydroxyl groups excluding tert-OH is 2. The van der Waals surface area contributed by atoms with Crippen molar-refractivity contribution in [3.8, 4) is 0 Å².